The number of rotatable bonds is 7. The van der Waals surface area contributed by atoms with Gasteiger partial charge >= 0.3 is 0 Å². The van der Waals surface area contributed by atoms with Gasteiger partial charge in [-0.15, -0.1) is 0 Å². The number of imidazole rings is 1. The third-order valence-corrected chi connectivity index (χ3v) is 4.99. The highest BCUT2D eigenvalue weighted by Crippen LogP contribution is 2.22. The molecule has 0 saturated heterocycles. The van der Waals surface area contributed by atoms with Gasteiger partial charge in [-0.05, 0) is 43.5 Å². The number of benzene rings is 2. The average Bonchev–Trinajstić information content (AvgIpc) is 3.01. The summed E-state index contributed by atoms with van der Waals surface area (Å²) < 4.78 is 0. The van der Waals surface area contributed by atoms with Gasteiger partial charge in [-0.2, -0.15) is 0 Å². The minimum Gasteiger partial charge on any atom is -0.353 e. The number of fused-ring (bicyclic) bond motifs is 1. The summed E-state index contributed by atoms with van der Waals surface area (Å²) >= 11 is 7.36. The standard InChI is InChI=1S/C19H20ClN3OS/c1-13(7-8-14-5-3-2-4-6-14)21-18(24)12-25-19-22-16-10-9-15(20)11-17(16)23-19/h2-6,9-11,13H,7-8,12H2,1H3,(H,21,24)(H,22,23)/t13-/m1/s1. The fourth-order valence-electron chi connectivity index (χ4n) is 2.58. The smallest absolute Gasteiger partial charge is 0.230 e. The van der Waals surface area contributed by atoms with Crippen LogP contribution in [0.5, 0.6) is 0 Å². The van der Waals surface area contributed by atoms with E-state index in [-0.39, 0.29) is 11.9 Å². The molecule has 4 nitrogen and oxygen atoms in total. The molecule has 0 spiro atoms. The normalized spacial score (nSPS) is 12.2. The molecule has 0 bridgehead atoms. The van der Waals surface area contributed by atoms with Crippen molar-refractivity contribution in [1.29, 1.82) is 0 Å². The van der Waals surface area contributed by atoms with Crippen molar-refractivity contribution < 1.29 is 4.79 Å². The van der Waals surface area contributed by atoms with E-state index in [1.165, 1.54) is 17.3 Å². The van der Waals surface area contributed by atoms with Gasteiger partial charge in [0, 0.05) is 11.1 Å². The number of hydrogen-bond donors (Lipinski definition) is 2. The molecule has 0 fully saturated rings. The second kappa shape index (κ2) is 8.41. The molecule has 2 aromatic carbocycles. The summed E-state index contributed by atoms with van der Waals surface area (Å²) in [6.45, 7) is 2.04. The van der Waals surface area contributed by atoms with Gasteiger partial charge in [0.25, 0.3) is 0 Å². The van der Waals surface area contributed by atoms with Crippen molar-refractivity contribution in [3.63, 3.8) is 0 Å². The maximum Gasteiger partial charge on any atom is 0.230 e. The fourth-order valence-corrected chi connectivity index (χ4v) is 3.45. The van der Waals surface area contributed by atoms with Crippen molar-refractivity contribution >= 4 is 40.3 Å². The summed E-state index contributed by atoms with van der Waals surface area (Å²) in [5, 5.41) is 4.43. The predicted molar refractivity (Wildman–Crippen MR) is 104 cm³/mol. The number of thioether (sulfide) groups is 1. The van der Waals surface area contributed by atoms with Crippen molar-refractivity contribution in [2.45, 2.75) is 31.0 Å². The van der Waals surface area contributed by atoms with Gasteiger partial charge in [0.15, 0.2) is 5.16 Å². The van der Waals surface area contributed by atoms with Crippen molar-refractivity contribution in [1.82, 2.24) is 15.3 Å². The van der Waals surface area contributed by atoms with Crippen molar-refractivity contribution in [3.8, 4) is 0 Å². The largest absolute Gasteiger partial charge is 0.353 e. The van der Waals surface area contributed by atoms with E-state index < -0.39 is 0 Å². The molecule has 0 saturated carbocycles. The SMILES string of the molecule is C[C@H](CCc1ccccc1)NC(=O)CSc1nc2ccc(Cl)cc2[nH]1. The van der Waals surface area contributed by atoms with Gasteiger partial charge in [-0.25, -0.2) is 4.98 Å². The molecule has 1 heterocycles. The lowest BCUT2D eigenvalue weighted by molar-refractivity contribution is -0.119. The van der Waals surface area contributed by atoms with Gasteiger partial charge in [0.1, 0.15) is 0 Å². The number of nitrogens with zero attached hydrogens (tertiary/aromatic N) is 1. The number of aromatic nitrogens is 2. The third kappa shape index (κ3) is 5.25. The van der Waals surface area contributed by atoms with E-state index in [1.54, 1.807) is 6.07 Å². The van der Waals surface area contributed by atoms with Crippen LogP contribution in [0.1, 0.15) is 18.9 Å². The van der Waals surface area contributed by atoms with Crippen LogP contribution in [0.15, 0.2) is 53.7 Å². The summed E-state index contributed by atoms with van der Waals surface area (Å²) in [4.78, 5) is 19.7. The highest BCUT2D eigenvalue weighted by molar-refractivity contribution is 7.99. The zero-order chi connectivity index (χ0) is 17.6. The Morgan fingerprint density at radius 2 is 2.08 bits per heavy atom. The Balaban J connectivity index is 1.45. The molecule has 0 unspecified atom stereocenters. The molecule has 25 heavy (non-hydrogen) atoms. The van der Waals surface area contributed by atoms with Crippen LogP contribution in [0.3, 0.4) is 0 Å². The van der Waals surface area contributed by atoms with Gasteiger partial charge in [-0.3, -0.25) is 4.79 Å². The molecule has 0 aliphatic rings. The molecule has 0 aliphatic carbocycles. The topological polar surface area (TPSA) is 57.8 Å². The number of hydrogen-bond acceptors (Lipinski definition) is 3. The highest BCUT2D eigenvalue weighted by Gasteiger charge is 2.10. The lowest BCUT2D eigenvalue weighted by Crippen LogP contribution is -2.34. The first-order valence-electron chi connectivity index (χ1n) is 8.21. The van der Waals surface area contributed by atoms with Gasteiger partial charge in [0.2, 0.25) is 5.91 Å². The van der Waals surface area contributed by atoms with Crippen LogP contribution >= 0.6 is 23.4 Å². The van der Waals surface area contributed by atoms with E-state index in [4.69, 9.17) is 11.6 Å². The summed E-state index contributed by atoms with van der Waals surface area (Å²) in [6.07, 6.45) is 1.88. The first kappa shape index (κ1) is 17.8. The Kier molecular flexibility index (Phi) is 6.00. The number of carbonyl (C=O) groups is 1. The van der Waals surface area contributed by atoms with E-state index in [2.05, 4.69) is 27.4 Å². The van der Waals surface area contributed by atoms with E-state index in [0.717, 1.165) is 29.0 Å². The number of amides is 1. The molecule has 0 radical (unpaired) electrons. The summed E-state index contributed by atoms with van der Waals surface area (Å²) in [5.74, 6) is 0.354. The van der Waals surface area contributed by atoms with E-state index >= 15 is 0 Å². The van der Waals surface area contributed by atoms with E-state index in [9.17, 15) is 4.79 Å². The number of H-pyrrole nitrogens is 1. The van der Waals surface area contributed by atoms with Crippen LogP contribution in [-0.2, 0) is 11.2 Å². The maximum absolute atomic E-state index is 12.1. The van der Waals surface area contributed by atoms with Crippen LogP contribution in [-0.4, -0.2) is 27.7 Å². The molecule has 2 N–H and O–H groups in total. The Hall–Kier alpha value is -1.98. The second-order valence-corrected chi connectivity index (χ2v) is 7.39. The second-order valence-electron chi connectivity index (χ2n) is 5.98. The first-order valence-corrected chi connectivity index (χ1v) is 9.58. The lowest BCUT2D eigenvalue weighted by atomic mass is 10.1. The maximum atomic E-state index is 12.1. The Morgan fingerprint density at radius 1 is 1.28 bits per heavy atom. The molecule has 1 atom stereocenters. The molecule has 0 aliphatic heterocycles. The van der Waals surface area contributed by atoms with E-state index in [0.29, 0.717) is 10.8 Å². The molecule has 1 amide bonds. The minimum atomic E-state index is 0.0176. The predicted octanol–water partition coefficient (Wildman–Crippen LogP) is 4.45. The van der Waals surface area contributed by atoms with Crippen LogP contribution in [0.4, 0.5) is 0 Å². The Morgan fingerprint density at radius 3 is 2.88 bits per heavy atom. The molecule has 3 aromatic rings. The quantitative estimate of drug-likeness (QED) is 0.602. The zero-order valence-electron chi connectivity index (χ0n) is 14.0. The zero-order valence-corrected chi connectivity index (χ0v) is 15.5. The summed E-state index contributed by atoms with van der Waals surface area (Å²) in [6, 6.07) is 16.0. The minimum absolute atomic E-state index is 0.0176. The van der Waals surface area contributed by atoms with Gasteiger partial charge in [-0.1, -0.05) is 53.7 Å². The Labute approximate surface area is 156 Å². The number of aryl methyl sites for hydroxylation is 1. The van der Waals surface area contributed by atoms with Crippen molar-refractivity contribution in [3.05, 3.63) is 59.1 Å². The molecule has 6 heteroatoms. The highest BCUT2D eigenvalue weighted by atomic mass is 35.5. The van der Waals surface area contributed by atoms with Crippen LogP contribution in [0.25, 0.3) is 11.0 Å². The average molecular weight is 374 g/mol. The van der Waals surface area contributed by atoms with Gasteiger partial charge in [0.05, 0.1) is 16.8 Å². The summed E-state index contributed by atoms with van der Waals surface area (Å²) in [7, 11) is 0. The summed E-state index contributed by atoms with van der Waals surface area (Å²) in [5.41, 5.74) is 3.02. The lowest BCUT2D eigenvalue weighted by Gasteiger charge is -2.13. The number of halogens is 1. The van der Waals surface area contributed by atoms with Crippen molar-refractivity contribution in [2.24, 2.45) is 0 Å². The van der Waals surface area contributed by atoms with Crippen molar-refractivity contribution in [2.75, 3.05) is 5.75 Å². The first-order chi connectivity index (χ1) is 12.1. The molecular weight excluding hydrogens is 354 g/mol. The van der Waals surface area contributed by atoms with E-state index in [1.807, 2.05) is 37.3 Å². The molecule has 1 aromatic heterocycles. The molecule has 3 rings (SSSR count). The number of nitrogens with one attached hydrogen (secondary N) is 2. The van der Waals surface area contributed by atoms with Gasteiger partial charge < -0.3 is 10.3 Å². The Bertz CT molecular complexity index is 850. The molecular formula is C19H20ClN3OS. The van der Waals surface area contributed by atoms with Crippen LogP contribution in [0, 0.1) is 0 Å². The third-order valence-electron chi connectivity index (χ3n) is 3.88. The number of aromatic amines is 1. The van der Waals surface area contributed by atoms with Crippen LogP contribution in [0.2, 0.25) is 5.02 Å². The monoisotopic (exact) mass is 373 g/mol. The molecule has 130 valence electrons. The van der Waals surface area contributed by atoms with Crippen LogP contribution < -0.4 is 5.32 Å². The fraction of sp³-hybridized carbons (Fsp3) is 0.263. The number of carbonyl (C=O) groups excluding carboxylic acids is 1.